The molecule has 0 unspecified atom stereocenters. The number of fused-ring (bicyclic) bond motifs is 1. The molecule has 0 aliphatic carbocycles. The summed E-state index contributed by atoms with van der Waals surface area (Å²) in [5, 5.41) is 0.785. The Hall–Kier alpha value is -1.64. The number of H-pyrrole nitrogens is 1. The second-order valence-corrected chi connectivity index (χ2v) is 3.03. The Balaban J connectivity index is 2.79. The summed E-state index contributed by atoms with van der Waals surface area (Å²) in [5.74, 6) is -0.324. The Bertz CT molecular complexity index is 471. The number of allylic oxidation sites excluding steroid dienone is 1. The third-order valence-corrected chi connectivity index (χ3v) is 1.96. The lowest BCUT2D eigenvalue weighted by atomic mass is 10.1. The van der Waals surface area contributed by atoms with Crippen molar-refractivity contribution in [2.24, 2.45) is 0 Å². The topological polar surface area (TPSA) is 28.7 Å². The van der Waals surface area contributed by atoms with Gasteiger partial charge in [-0.25, -0.2) is 9.37 Å². The van der Waals surface area contributed by atoms with Crippen molar-refractivity contribution < 1.29 is 4.39 Å². The van der Waals surface area contributed by atoms with Gasteiger partial charge >= 0.3 is 0 Å². The standard InChI is InChI=1S/C10H9FN2/c1-6(2)9-5-13-10-8(9)3-7(11)4-12-10/h3-5H,1H2,2H3,(H,12,13). The molecule has 0 fully saturated rings. The van der Waals surface area contributed by atoms with E-state index in [1.54, 1.807) is 6.20 Å². The van der Waals surface area contributed by atoms with Crippen LogP contribution in [-0.4, -0.2) is 9.97 Å². The number of aromatic amines is 1. The number of nitrogens with zero attached hydrogens (tertiary/aromatic N) is 1. The molecular formula is C10H9FN2. The fraction of sp³-hybridized carbons (Fsp3) is 0.100. The third kappa shape index (κ3) is 1.22. The van der Waals surface area contributed by atoms with Crippen LogP contribution in [0.3, 0.4) is 0 Å². The average Bonchev–Trinajstić information content (AvgIpc) is 2.46. The van der Waals surface area contributed by atoms with Crippen molar-refractivity contribution >= 4 is 16.6 Å². The molecule has 2 rings (SSSR count). The monoisotopic (exact) mass is 176 g/mol. The average molecular weight is 176 g/mol. The third-order valence-electron chi connectivity index (χ3n) is 1.96. The maximum Gasteiger partial charge on any atom is 0.142 e. The van der Waals surface area contributed by atoms with Crippen LogP contribution in [0.1, 0.15) is 12.5 Å². The summed E-state index contributed by atoms with van der Waals surface area (Å²) in [6.07, 6.45) is 2.99. The van der Waals surface area contributed by atoms with Crippen molar-refractivity contribution in [1.29, 1.82) is 0 Å². The molecular weight excluding hydrogens is 167 g/mol. The van der Waals surface area contributed by atoms with Crippen LogP contribution in [0.2, 0.25) is 0 Å². The minimum Gasteiger partial charge on any atom is -0.346 e. The maximum absolute atomic E-state index is 12.9. The lowest BCUT2D eigenvalue weighted by Crippen LogP contribution is -1.80. The molecule has 0 aliphatic heterocycles. The summed E-state index contributed by atoms with van der Waals surface area (Å²) in [7, 11) is 0. The molecule has 66 valence electrons. The first-order chi connectivity index (χ1) is 6.18. The van der Waals surface area contributed by atoms with E-state index in [0.717, 1.165) is 16.5 Å². The maximum atomic E-state index is 12.9. The molecule has 0 saturated carbocycles. The Labute approximate surface area is 75.1 Å². The zero-order chi connectivity index (χ0) is 9.42. The molecule has 0 aliphatic rings. The Kier molecular flexibility index (Phi) is 1.65. The summed E-state index contributed by atoms with van der Waals surface area (Å²) in [6.45, 7) is 5.69. The molecule has 0 radical (unpaired) electrons. The van der Waals surface area contributed by atoms with Crippen molar-refractivity contribution in [1.82, 2.24) is 9.97 Å². The predicted octanol–water partition coefficient (Wildman–Crippen LogP) is 2.74. The quantitative estimate of drug-likeness (QED) is 0.711. The molecule has 0 spiro atoms. The molecule has 1 N–H and O–H groups in total. The number of hydrogen-bond acceptors (Lipinski definition) is 1. The van der Waals surface area contributed by atoms with Crippen LogP contribution in [0.25, 0.3) is 16.6 Å². The smallest absolute Gasteiger partial charge is 0.142 e. The normalized spacial score (nSPS) is 10.6. The minimum absolute atomic E-state index is 0.324. The molecule has 2 aromatic rings. The number of hydrogen-bond donors (Lipinski definition) is 1. The molecule has 2 aromatic heterocycles. The zero-order valence-corrected chi connectivity index (χ0v) is 7.26. The van der Waals surface area contributed by atoms with Crippen molar-refractivity contribution in [3.8, 4) is 0 Å². The molecule has 0 aromatic carbocycles. The molecule has 13 heavy (non-hydrogen) atoms. The van der Waals surface area contributed by atoms with Gasteiger partial charge in [-0.3, -0.25) is 0 Å². The molecule has 3 heteroatoms. The predicted molar refractivity (Wildman–Crippen MR) is 50.8 cm³/mol. The Morgan fingerprint density at radius 1 is 1.62 bits per heavy atom. The Morgan fingerprint density at radius 2 is 2.38 bits per heavy atom. The largest absolute Gasteiger partial charge is 0.346 e. The van der Waals surface area contributed by atoms with Crippen LogP contribution >= 0.6 is 0 Å². The molecule has 0 amide bonds. The Morgan fingerprint density at radius 3 is 3.08 bits per heavy atom. The highest BCUT2D eigenvalue weighted by Crippen LogP contribution is 2.22. The van der Waals surface area contributed by atoms with E-state index >= 15 is 0 Å². The van der Waals surface area contributed by atoms with Gasteiger partial charge in [0.2, 0.25) is 0 Å². The highest BCUT2D eigenvalue weighted by atomic mass is 19.1. The van der Waals surface area contributed by atoms with Crippen molar-refractivity contribution in [2.45, 2.75) is 6.92 Å². The zero-order valence-electron chi connectivity index (χ0n) is 7.26. The van der Waals surface area contributed by atoms with Gasteiger partial charge in [-0.2, -0.15) is 0 Å². The van der Waals surface area contributed by atoms with Gasteiger partial charge in [-0.05, 0) is 18.6 Å². The van der Waals surface area contributed by atoms with Gasteiger partial charge < -0.3 is 4.98 Å². The van der Waals surface area contributed by atoms with E-state index in [0.29, 0.717) is 5.65 Å². The number of pyridine rings is 1. The second-order valence-electron chi connectivity index (χ2n) is 3.03. The highest BCUT2D eigenvalue weighted by Gasteiger charge is 2.05. The molecule has 2 heterocycles. The fourth-order valence-electron chi connectivity index (χ4n) is 1.33. The van der Waals surface area contributed by atoms with Crippen molar-refractivity contribution in [2.75, 3.05) is 0 Å². The molecule has 0 atom stereocenters. The van der Waals surface area contributed by atoms with E-state index in [1.807, 2.05) is 6.92 Å². The van der Waals surface area contributed by atoms with Crippen LogP contribution < -0.4 is 0 Å². The van der Waals surface area contributed by atoms with E-state index in [4.69, 9.17) is 0 Å². The summed E-state index contributed by atoms with van der Waals surface area (Å²) >= 11 is 0. The molecule has 0 saturated heterocycles. The molecule has 2 nitrogen and oxygen atoms in total. The summed E-state index contributed by atoms with van der Waals surface area (Å²) in [5.41, 5.74) is 2.51. The van der Waals surface area contributed by atoms with E-state index in [9.17, 15) is 4.39 Å². The van der Waals surface area contributed by atoms with Gasteiger partial charge in [0.1, 0.15) is 11.5 Å². The lowest BCUT2D eigenvalue weighted by molar-refractivity contribution is 0.624. The van der Waals surface area contributed by atoms with Gasteiger partial charge in [-0.15, -0.1) is 0 Å². The van der Waals surface area contributed by atoms with Crippen LogP contribution in [-0.2, 0) is 0 Å². The minimum atomic E-state index is -0.324. The highest BCUT2D eigenvalue weighted by molar-refractivity contribution is 5.89. The summed E-state index contributed by atoms with van der Waals surface area (Å²) < 4.78 is 12.9. The number of aromatic nitrogens is 2. The second kappa shape index (κ2) is 2.69. The first kappa shape index (κ1) is 7.98. The van der Waals surface area contributed by atoms with Crippen molar-refractivity contribution in [3.63, 3.8) is 0 Å². The SMILES string of the molecule is C=C(C)c1c[nH]c2ncc(F)cc12. The van der Waals surface area contributed by atoms with E-state index < -0.39 is 0 Å². The molecule has 0 bridgehead atoms. The van der Waals surface area contributed by atoms with Crippen LogP contribution in [0.5, 0.6) is 0 Å². The van der Waals surface area contributed by atoms with Gasteiger partial charge in [0.25, 0.3) is 0 Å². The van der Waals surface area contributed by atoms with E-state index in [1.165, 1.54) is 12.3 Å². The first-order valence-electron chi connectivity index (χ1n) is 3.97. The van der Waals surface area contributed by atoms with Gasteiger partial charge in [-0.1, -0.05) is 6.58 Å². The number of nitrogens with one attached hydrogen (secondary N) is 1. The van der Waals surface area contributed by atoms with E-state index in [2.05, 4.69) is 16.5 Å². The summed E-state index contributed by atoms with van der Waals surface area (Å²) in [4.78, 5) is 6.87. The van der Waals surface area contributed by atoms with Crippen molar-refractivity contribution in [3.05, 3.63) is 36.4 Å². The number of rotatable bonds is 1. The van der Waals surface area contributed by atoms with E-state index in [-0.39, 0.29) is 5.82 Å². The van der Waals surface area contributed by atoms with Gasteiger partial charge in [0, 0.05) is 17.1 Å². The van der Waals surface area contributed by atoms with Gasteiger partial charge in [0.15, 0.2) is 0 Å². The van der Waals surface area contributed by atoms with Gasteiger partial charge in [0.05, 0.1) is 6.20 Å². The first-order valence-corrected chi connectivity index (χ1v) is 3.97. The lowest BCUT2D eigenvalue weighted by Gasteiger charge is -1.95. The van der Waals surface area contributed by atoms with Crippen LogP contribution in [0.4, 0.5) is 4.39 Å². The fourth-order valence-corrected chi connectivity index (χ4v) is 1.33. The summed E-state index contributed by atoms with van der Waals surface area (Å²) in [6, 6.07) is 1.46. The van der Waals surface area contributed by atoms with Crippen LogP contribution in [0.15, 0.2) is 25.0 Å². The number of halogens is 1. The van der Waals surface area contributed by atoms with Crippen LogP contribution in [0, 0.1) is 5.82 Å².